The Hall–Kier alpha value is -2.37. The van der Waals surface area contributed by atoms with Crippen LogP contribution < -0.4 is 10.1 Å². The van der Waals surface area contributed by atoms with Crippen molar-refractivity contribution >= 4 is 5.91 Å². The lowest BCUT2D eigenvalue weighted by Crippen LogP contribution is -2.37. The van der Waals surface area contributed by atoms with E-state index in [4.69, 9.17) is 4.74 Å². The highest BCUT2D eigenvalue weighted by Gasteiger charge is 2.16. The molecule has 1 unspecified atom stereocenters. The number of fused-ring (bicyclic) bond motifs is 1. The summed E-state index contributed by atoms with van der Waals surface area (Å²) in [4.78, 5) is 12.1. The first kappa shape index (κ1) is 16.5. The van der Waals surface area contributed by atoms with Gasteiger partial charge in [-0.1, -0.05) is 24.6 Å². The molecule has 1 aromatic heterocycles. The smallest absolute Gasteiger partial charge is 0.260 e. The average Bonchev–Trinajstić information content (AvgIpc) is 2.82. The largest absolute Gasteiger partial charge is 0.481 e. The zero-order chi connectivity index (χ0) is 16.8. The highest BCUT2D eigenvalue weighted by Crippen LogP contribution is 2.14. The molecular formula is C18H24N4O2. The number of nitrogens with one attached hydrogen (secondary N) is 1. The summed E-state index contributed by atoms with van der Waals surface area (Å²) >= 11 is 0. The highest BCUT2D eigenvalue weighted by atomic mass is 16.5. The molecule has 1 amide bonds. The molecule has 0 spiro atoms. The van der Waals surface area contributed by atoms with Gasteiger partial charge < -0.3 is 14.6 Å². The van der Waals surface area contributed by atoms with E-state index in [9.17, 15) is 4.79 Å². The van der Waals surface area contributed by atoms with Crippen LogP contribution in [0.3, 0.4) is 0 Å². The molecule has 1 N–H and O–H groups in total. The van der Waals surface area contributed by atoms with E-state index in [0.29, 0.717) is 18.7 Å². The van der Waals surface area contributed by atoms with Crippen LogP contribution in [0, 0.1) is 0 Å². The van der Waals surface area contributed by atoms with E-state index < -0.39 is 6.10 Å². The minimum Gasteiger partial charge on any atom is -0.481 e. The second-order valence-corrected chi connectivity index (χ2v) is 6.11. The maximum Gasteiger partial charge on any atom is 0.260 e. The summed E-state index contributed by atoms with van der Waals surface area (Å²) in [5.41, 5.74) is 0. The van der Waals surface area contributed by atoms with Crippen LogP contribution >= 0.6 is 0 Å². The molecule has 6 heteroatoms. The summed E-state index contributed by atoms with van der Waals surface area (Å²) in [6, 6.07) is 9.37. The number of para-hydroxylation sites is 1. The molecule has 1 aliphatic heterocycles. The van der Waals surface area contributed by atoms with Crippen molar-refractivity contribution in [3.63, 3.8) is 0 Å². The van der Waals surface area contributed by atoms with Gasteiger partial charge >= 0.3 is 0 Å². The second-order valence-electron chi connectivity index (χ2n) is 6.11. The van der Waals surface area contributed by atoms with E-state index in [2.05, 4.69) is 20.1 Å². The average molecular weight is 328 g/mol. The predicted molar refractivity (Wildman–Crippen MR) is 90.8 cm³/mol. The van der Waals surface area contributed by atoms with Gasteiger partial charge in [-0.15, -0.1) is 10.2 Å². The fourth-order valence-electron chi connectivity index (χ4n) is 2.93. The van der Waals surface area contributed by atoms with Gasteiger partial charge in [0, 0.05) is 25.9 Å². The number of carbonyl (C=O) groups is 1. The zero-order valence-corrected chi connectivity index (χ0v) is 14.1. The van der Waals surface area contributed by atoms with Crippen molar-refractivity contribution in [2.24, 2.45) is 0 Å². The van der Waals surface area contributed by atoms with E-state index in [1.54, 1.807) is 6.92 Å². The molecule has 0 bridgehead atoms. The van der Waals surface area contributed by atoms with Crippen molar-refractivity contribution in [1.29, 1.82) is 0 Å². The summed E-state index contributed by atoms with van der Waals surface area (Å²) in [5, 5.41) is 11.5. The Morgan fingerprint density at radius 3 is 2.92 bits per heavy atom. The molecule has 24 heavy (non-hydrogen) atoms. The van der Waals surface area contributed by atoms with Crippen LogP contribution in [0.15, 0.2) is 30.3 Å². The first-order chi connectivity index (χ1) is 11.7. The highest BCUT2D eigenvalue weighted by molar-refractivity contribution is 5.80. The normalized spacial score (nSPS) is 15.2. The molecule has 128 valence electrons. The van der Waals surface area contributed by atoms with Gasteiger partial charge in [-0.2, -0.15) is 0 Å². The number of nitrogens with zero attached hydrogens (tertiary/aromatic N) is 3. The van der Waals surface area contributed by atoms with Crippen LogP contribution in [0.25, 0.3) is 0 Å². The van der Waals surface area contributed by atoms with Crippen LogP contribution in [0.5, 0.6) is 5.75 Å². The topological polar surface area (TPSA) is 69.0 Å². The maximum atomic E-state index is 12.1. The van der Waals surface area contributed by atoms with Crippen molar-refractivity contribution in [1.82, 2.24) is 20.1 Å². The lowest BCUT2D eigenvalue weighted by Gasteiger charge is -2.14. The molecule has 2 aromatic rings. The molecular weight excluding hydrogens is 304 g/mol. The Balaban J connectivity index is 1.48. The van der Waals surface area contributed by atoms with E-state index in [-0.39, 0.29) is 5.91 Å². The van der Waals surface area contributed by atoms with Crippen molar-refractivity contribution < 1.29 is 9.53 Å². The Bertz CT molecular complexity index is 669. The Morgan fingerprint density at radius 2 is 2.08 bits per heavy atom. The number of hydrogen-bond donors (Lipinski definition) is 1. The first-order valence-corrected chi connectivity index (χ1v) is 8.64. The van der Waals surface area contributed by atoms with Crippen LogP contribution in [0.2, 0.25) is 0 Å². The second kappa shape index (κ2) is 7.95. The minimum absolute atomic E-state index is 0.116. The lowest BCUT2D eigenvalue weighted by atomic mass is 10.2. The van der Waals surface area contributed by atoms with E-state index >= 15 is 0 Å². The molecule has 1 aromatic carbocycles. The Labute approximate surface area is 142 Å². The monoisotopic (exact) mass is 328 g/mol. The van der Waals surface area contributed by atoms with Gasteiger partial charge in [-0.3, -0.25) is 4.79 Å². The third-order valence-electron chi connectivity index (χ3n) is 4.26. The summed E-state index contributed by atoms with van der Waals surface area (Å²) in [6.07, 6.45) is 4.77. The molecule has 1 aliphatic rings. The number of carbonyl (C=O) groups excluding carboxylic acids is 1. The molecule has 3 rings (SSSR count). The first-order valence-electron chi connectivity index (χ1n) is 8.64. The van der Waals surface area contributed by atoms with Gasteiger partial charge in [0.25, 0.3) is 5.91 Å². The summed E-state index contributed by atoms with van der Waals surface area (Å²) in [7, 11) is 0. The molecule has 0 fully saturated rings. The molecule has 6 nitrogen and oxygen atoms in total. The van der Waals surface area contributed by atoms with Crippen LogP contribution in [0.1, 0.15) is 37.8 Å². The van der Waals surface area contributed by atoms with Crippen molar-refractivity contribution in [2.45, 2.75) is 51.7 Å². The van der Waals surface area contributed by atoms with Crippen LogP contribution in [-0.2, 0) is 24.2 Å². The van der Waals surface area contributed by atoms with Gasteiger partial charge in [0.05, 0.1) is 0 Å². The van der Waals surface area contributed by atoms with Gasteiger partial charge in [0.1, 0.15) is 17.4 Å². The Kier molecular flexibility index (Phi) is 5.46. The number of aryl methyl sites for hydroxylation is 1. The lowest BCUT2D eigenvalue weighted by molar-refractivity contribution is -0.127. The fourth-order valence-corrected chi connectivity index (χ4v) is 2.93. The quantitative estimate of drug-likeness (QED) is 0.882. The van der Waals surface area contributed by atoms with E-state index in [0.717, 1.165) is 24.6 Å². The van der Waals surface area contributed by atoms with Crippen LogP contribution in [-0.4, -0.2) is 33.3 Å². The van der Waals surface area contributed by atoms with Crippen molar-refractivity contribution in [3.05, 3.63) is 42.0 Å². The number of benzene rings is 1. The molecule has 0 radical (unpaired) electrons. The third kappa shape index (κ3) is 4.13. The summed E-state index contributed by atoms with van der Waals surface area (Å²) in [6.45, 7) is 3.28. The van der Waals surface area contributed by atoms with E-state index in [1.165, 1.54) is 19.3 Å². The third-order valence-corrected chi connectivity index (χ3v) is 4.26. The SMILES string of the molecule is CC(Oc1ccccc1)C(=O)NCCc1nnc2n1CCCCC2. The van der Waals surface area contributed by atoms with Gasteiger partial charge in [-0.25, -0.2) is 0 Å². The fraction of sp³-hybridized carbons (Fsp3) is 0.500. The number of rotatable bonds is 6. The van der Waals surface area contributed by atoms with Crippen LogP contribution in [0.4, 0.5) is 0 Å². The van der Waals surface area contributed by atoms with Crippen molar-refractivity contribution in [2.75, 3.05) is 6.54 Å². The molecule has 1 atom stereocenters. The number of hydrogen-bond acceptors (Lipinski definition) is 4. The number of aromatic nitrogens is 3. The molecule has 2 heterocycles. The van der Waals surface area contributed by atoms with Gasteiger partial charge in [-0.05, 0) is 31.9 Å². The zero-order valence-electron chi connectivity index (χ0n) is 14.1. The summed E-state index contributed by atoms with van der Waals surface area (Å²) < 4.78 is 7.84. The number of ether oxygens (including phenoxy) is 1. The predicted octanol–water partition coefficient (Wildman–Crippen LogP) is 2.13. The molecule has 0 aliphatic carbocycles. The minimum atomic E-state index is -0.525. The van der Waals surface area contributed by atoms with Gasteiger partial charge in [0.15, 0.2) is 6.10 Å². The van der Waals surface area contributed by atoms with Gasteiger partial charge in [0.2, 0.25) is 0 Å². The Morgan fingerprint density at radius 1 is 1.25 bits per heavy atom. The summed E-state index contributed by atoms with van der Waals surface area (Å²) in [5.74, 6) is 2.62. The molecule has 0 saturated heterocycles. The maximum absolute atomic E-state index is 12.1. The number of amides is 1. The molecule has 0 saturated carbocycles. The van der Waals surface area contributed by atoms with E-state index in [1.807, 2.05) is 30.3 Å². The van der Waals surface area contributed by atoms with Crippen molar-refractivity contribution in [3.8, 4) is 5.75 Å². The standard InChI is InChI=1S/C18H24N4O2/c1-14(24-15-8-4-2-5-9-15)18(23)19-12-11-17-21-20-16-10-6-3-7-13-22(16)17/h2,4-5,8-9,14H,3,6-7,10-13H2,1H3,(H,19,23).